The summed E-state index contributed by atoms with van der Waals surface area (Å²) in [6, 6.07) is 5.55. The summed E-state index contributed by atoms with van der Waals surface area (Å²) in [5.41, 5.74) is 6.89. The summed E-state index contributed by atoms with van der Waals surface area (Å²) in [7, 11) is 3.31. The molecule has 0 bridgehead atoms. The molecule has 1 amide bonds. The first-order chi connectivity index (χ1) is 17.5. The molecule has 0 heterocycles. The minimum absolute atomic E-state index is 0.0539. The molecule has 37 heavy (non-hydrogen) atoms. The van der Waals surface area contributed by atoms with E-state index >= 15 is 0 Å². The van der Waals surface area contributed by atoms with Crippen LogP contribution in [-0.4, -0.2) is 67.8 Å². The molecule has 1 aliphatic carbocycles. The lowest BCUT2D eigenvalue weighted by molar-refractivity contribution is -0.128. The maximum Gasteiger partial charge on any atom is 0.223 e. The molecule has 0 aliphatic heterocycles. The Bertz CT molecular complexity index is 827. The lowest BCUT2D eigenvalue weighted by Gasteiger charge is -2.30. The van der Waals surface area contributed by atoms with Gasteiger partial charge < -0.3 is 35.5 Å². The number of hydrogen-bond donors (Lipinski definition) is 4. The van der Waals surface area contributed by atoms with E-state index in [-0.39, 0.29) is 30.2 Å². The van der Waals surface area contributed by atoms with Gasteiger partial charge in [-0.1, -0.05) is 33.8 Å². The first-order valence-corrected chi connectivity index (χ1v) is 13.7. The van der Waals surface area contributed by atoms with E-state index < -0.39 is 17.7 Å². The van der Waals surface area contributed by atoms with Crippen LogP contribution >= 0.6 is 0 Å². The second-order valence-corrected chi connectivity index (χ2v) is 11.4. The van der Waals surface area contributed by atoms with Gasteiger partial charge in [0, 0.05) is 38.6 Å². The van der Waals surface area contributed by atoms with Crippen LogP contribution in [0.3, 0.4) is 0 Å². The molecular formula is C29H50N2O6. The van der Waals surface area contributed by atoms with Crippen molar-refractivity contribution in [3.8, 4) is 11.5 Å². The van der Waals surface area contributed by atoms with Crippen molar-refractivity contribution in [1.29, 1.82) is 0 Å². The average Bonchev–Trinajstić information content (AvgIpc) is 3.60. The van der Waals surface area contributed by atoms with Gasteiger partial charge in [-0.3, -0.25) is 4.79 Å². The Balaban J connectivity index is 1.99. The largest absolute Gasteiger partial charge is 0.493 e. The fraction of sp³-hybridized carbons (Fsp3) is 0.759. The molecule has 0 radical (unpaired) electrons. The van der Waals surface area contributed by atoms with Crippen molar-refractivity contribution < 1.29 is 29.2 Å². The molecule has 212 valence electrons. The molecule has 4 atom stereocenters. The number of ether oxygens (including phenoxy) is 3. The van der Waals surface area contributed by atoms with E-state index in [2.05, 4.69) is 19.2 Å². The Labute approximate surface area is 223 Å². The third-order valence-corrected chi connectivity index (χ3v) is 7.54. The monoisotopic (exact) mass is 522 g/mol. The molecule has 1 aromatic rings. The quantitative estimate of drug-likeness (QED) is 0.218. The van der Waals surface area contributed by atoms with Gasteiger partial charge in [0.05, 0.1) is 25.4 Å². The standard InChI is InChI=1S/C29H50N2O6/c1-19(2)22(14-21-8-9-26(36-6)27(15-21)37-13-7-12-35-5)16-24(30)25(32)17-23(20(3)4)28(33)31-18-29(34)10-11-29/h8-9,15,19-20,22-25,32,34H,7,10-14,16-18,30H2,1-6H3,(H,31,33)/t22-,23-,24-,25-/m0/s1. The highest BCUT2D eigenvalue weighted by atomic mass is 16.5. The molecule has 0 unspecified atom stereocenters. The number of carbonyl (C=O) groups excluding carboxylic acids is 1. The van der Waals surface area contributed by atoms with Crippen LogP contribution in [0.25, 0.3) is 0 Å². The summed E-state index contributed by atoms with van der Waals surface area (Å²) in [5.74, 6) is 1.58. The zero-order valence-electron chi connectivity index (χ0n) is 23.7. The van der Waals surface area contributed by atoms with Crippen LogP contribution in [0.2, 0.25) is 0 Å². The SMILES string of the molecule is COCCCOc1cc(C[C@@H](C[C@H](N)[C@@H](O)C[C@H](C(=O)NCC2(O)CC2)C(C)C)C(C)C)ccc1OC. The molecule has 1 fully saturated rings. The maximum absolute atomic E-state index is 12.8. The van der Waals surface area contributed by atoms with Crippen molar-refractivity contribution >= 4 is 5.91 Å². The first kappa shape index (κ1) is 31.3. The highest BCUT2D eigenvalue weighted by molar-refractivity contribution is 5.79. The first-order valence-electron chi connectivity index (χ1n) is 13.7. The smallest absolute Gasteiger partial charge is 0.223 e. The van der Waals surface area contributed by atoms with Crippen LogP contribution in [0.15, 0.2) is 18.2 Å². The van der Waals surface area contributed by atoms with E-state index in [4.69, 9.17) is 19.9 Å². The third-order valence-electron chi connectivity index (χ3n) is 7.54. The Kier molecular flexibility index (Phi) is 12.6. The zero-order chi connectivity index (χ0) is 27.6. The fourth-order valence-corrected chi connectivity index (χ4v) is 4.57. The minimum atomic E-state index is -0.793. The summed E-state index contributed by atoms with van der Waals surface area (Å²) < 4.78 is 16.5. The van der Waals surface area contributed by atoms with Crippen LogP contribution in [0.1, 0.15) is 65.4 Å². The second-order valence-electron chi connectivity index (χ2n) is 11.4. The number of benzene rings is 1. The molecule has 2 rings (SSSR count). The molecule has 0 spiro atoms. The van der Waals surface area contributed by atoms with E-state index in [1.54, 1.807) is 14.2 Å². The summed E-state index contributed by atoms with van der Waals surface area (Å²) in [5, 5.41) is 23.9. The summed E-state index contributed by atoms with van der Waals surface area (Å²) in [6.07, 6.45) is 3.18. The van der Waals surface area contributed by atoms with Crippen molar-refractivity contribution in [1.82, 2.24) is 5.32 Å². The number of nitrogens with two attached hydrogens (primary N) is 1. The lowest BCUT2D eigenvalue weighted by Crippen LogP contribution is -2.44. The molecule has 1 aliphatic rings. The summed E-state index contributed by atoms with van der Waals surface area (Å²) in [6.45, 7) is 9.74. The Morgan fingerprint density at radius 3 is 2.35 bits per heavy atom. The van der Waals surface area contributed by atoms with Gasteiger partial charge >= 0.3 is 0 Å². The average molecular weight is 523 g/mol. The normalized spacial score (nSPS) is 17.8. The van der Waals surface area contributed by atoms with Gasteiger partial charge in [-0.05, 0) is 67.6 Å². The van der Waals surface area contributed by atoms with E-state index in [1.165, 1.54) is 0 Å². The number of methoxy groups -OCH3 is 2. The van der Waals surface area contributed by atoms with Crippen molar-refractivity contribution in [2.75, 3.05) is 34.0 Å². The minimum Gasteiger partial charge on any atom is -0.493 e. The van der Waals surface area contributed by atoms with Crippen LogP contribution in [0, 0.1) is 23.7 Å². The highest BCUT2D eigenvalue weighted by Gasteiger charge is 2.41. The molecule has 1 aromatic carbocycles. The lowest BCUT2D eigenvalue weighted by atomic mass is 9.81. The van der Waals surface area contributed by atoms with Crippen LogP contribution in [0.5, 0.6) is 11.5 Å². The van der Waals surface area contributed by atoms with Crippen molar-refractivity contribution in [3.05, 3.63) is 23.8 Å². The fourth-order valence-electron chi connectivity index (χ4n) is 4.57. The van der Waals surface area contributed by atoms with Crippen LogP contribution < -0.4 is 20.5 Å². The number of aliphatic hydroxyl groups is 2. The van der Waals surface area contributed by atoms with Gasteiger partial charge in [0.2, 0.25) is 5.91 Å². The Morgan fingerprint density at radius 1 is 1.08 bits per heavy atom. The molecule has 0 saturated heterocycles. The molecule has 0 aromatic heterocycles. The van der Waals surface area contributed by atoms with Crippen LogP contribution in [-0.2, 0) is 16.0 Å². The Morgan fingerprint density at radius 2 is 1.78 bits per heavy atom. The number of aliphatic hydroxyl groups excluding tert-OH is 1. The number of hydrogen-bond acceptors (Lipinski definition) is 7. The van der Waals surface area contributed by atoms with Gasteiger partial charge in [-0.2, -0.15) is 0 Å². The zero-order valence-corrected chi connectivity index (χ0v) is 23.7. The van der Waals surface area contributed by atoms with Gasteiger partial charge in [0.1, 0.15) is 0 Å². The van der Waals surface area contributed by atoms with Gasteiger partial charge in [-0.15, -0.1) is 0 Å². The predicted molar refractivity (Wildman–Crippen MR) is 146 cm³/mol. The third kappa shape index (κ3) is 10.4. The van der Waals surface area contributed by atoms with E-state index in [1.807, 2.05) is 32.0 Å². The molecular weight excluding hydrogens is 472 g/mol. The summed E-state index contributed by atoms with van der Waals surface area (Å²) >= 11 is 0. The van der Waals surface area contributed by atoms with E-state index in [0.717, 1.165) is 31.2 Å². The summed E-state index contributed by atoms with van der Waals surface area (Å²) in [4.78, 5) is 12.8. The number of carbonyl (C=O) groups is 1. The van der Waals surface area contributed by atoms with Crippen molar-refractivity contribution in [2.45, 2.75) is 84.0 Å². The van der Waals surface area contributed by atoms with Gasteiger partial charge in [0.25, 0.3) is 0 Å². The number of rotatable bonds is 18. The van der Waals surface area contributed by atoms with Gasteiger partial charge in [0.15, 0.2) is 11.5 Å². The Hall–Kier alpha value is -1.87. The molecule has 1 saturated carbocycles. The van der Waals surface area contributed by atoms with Crippen molar-refractivity contribution in [3.63, 3.8) is 0 Å². The van der Waals surface area contributed by atoms with E-state index in [9.17, 15) is 15.0 Å². The number of nitrogens with one attached hydrogen (secondary N) is 1. The second kappa shape index (κ2) is 14.9. The van der Waals surface area contributed by atoms with Gasteiger partial charge in [-0.25, -0.2) is 0 Å². The van der Waals surface area contributed by atoms with E-state index in [0.29, 0.717) is 43.5 Å². The predicted octanol–water partition coefficient (Wildman–Crippen LogP) is 3.31. The number of amides is 1. The molecule has 8 heteroatoms. The maximum atomic E-state index is 12.8. The highest BCUT2D eigenvalue weighted by Crippen LogP contribution is 2.34. The topological polar surface area (TPSA) is 123 Å². The van der Waals surface area contributed by atoms with Crippen LogP contribution in [0.4, 0.5) is 0 Å². The molecule has 8 nitrogen and oxygen atoms in total. The molecule has 5 N–H and O–H groups in total. The van der Waals surface area contributed by atoms with Crippen molar-refractivity contribution in [2.24, 2.45) is 29.4 Å².